The Morgan fingerprint density at radius 3 is 2.73 bits per heavy atom. The van der Waals surface area contributed by atoms with Crippen LogP contribution in [0.2, 0.25) is 0 Å². The average Bonchev–Trinajstić information content (AvgIpc) is 2.69. The molecule has 4 nitrogen and oxygen atoms in total. The third-order valence-corrected chi connectivity index (χ3v) is 4.94. The monoisotopic (exact) mass is 356 g/mol. The number of nitrogens with zero attached hydrogens (tertiary/aromatic N) is 1. The molecule has 0 spiro atoms. The Morgan fingerprint density at radius 1 is 1.08 bits per heavy atom. The fourth-order valence-corrected chi connectivity index (χ4v) is 3.54. The van der Waals surface area contributed by atoms with Crippen molar-refractivity contribution in [2.24, 2.45) is 0 Å². The van der Waals surface area contributed by atoms with Crippen LogP contribution in [-0.2, 0) is 0 Å². The molecule has 3 N–H and O–H groups in total. The van der Waals surface area contributed by atoms with Crippen LogP contribution in [0.5, 0.6) is 0 Å². The van der Waals surface area contributed by atoms with Crippen LogP contribution >= 0.6 is 0 Å². The van der Waals surface area contributed by atoms with Crippen molar-refractivity contribution in [3.63, 3.8) is 0 Å². The van der Waals surface area contributed by atoms with Gasteiger partial charge in [-0.3, -0.25) is 4.98 Å². The van der Waals surface area contributed by atoms with Gasteiger partial charge in [0, 0.05) is 53.2 Å². The maximum Gasteiger partial charge on any atom is 0.265 e. The van der Waals surface area contributed by atoms with Crippen LogP contribution in [0, 0.1) is 0 Å². The molecule has 1 saturated heterocycles. The van der Waals surface area contributed by atoms with E-state index in [0.717, 1.165) is 54.2 Å². The van der Waals surface area contributed by atoms with Crippen LogP contribution in [0.25, 0.3) is 23.4 Å². The molecule has 3 heterocycles. The third kappa shape index (κ3) is 3.55. The Morgan fingerprint density at radius 2 is 1.92 bits per heavy atom. The Kier molecular flexibility index (Phi) is 4.84. The van der Waals surface area contributed by atoms with E-state index in [1.165, 1.54) is 12.3 Å². The van der Waals surface area contributed by atoms with Crippen LogP contribution in [0.1, 0.15) is 24.8 Å². The zero-order chi connectivity index (χ0) is 17.9. The molecule has 1 aromatic carbocycles. The van der Waals surface area contributed by atoms with Gasteiger partial charge in [0.15, 0.2) is 0 Å². The van der Waals surface area contributed by atoms with E-state index in [9.17, 15) is 8.78 Å². The number of alkyl halides is 2. The number of hydrogen-bond acceptors (Lipinski definition) is 4. The maximum absolute atomic E-state index is 13.0. The normalized spacial score (nSPS) is 17.0. The lowest BCUT2D eigenvalue weighted by Gasteiger charge is -2.25. The van der Waals surface area contributed by atoms with E-state index in [1.807, 2.05) is 18.3 Å². The second-order valence-corrected chi connectivity index (χ2v) is 6.76. The summed E-state index contributed by atoms with van der Waals surface area (Å²) in [6.07, 6.45) is 6.64. The van der Waals surface area contributed by atoms with Gasteiger partial charge in [0.05, 0.1) is 0 Å². The zero-order valence-electron chi connectivity index (χ0n) is 14.4. The summed E-state index contributed by atoms with van der Waals surface area (Å²) < 4.78 is 26.1. The lowest BCUT2D eigenvalue weighted by Crippen LogP contribution is -2.40. The standard InChI is InChI=1S/C20H22F2N4/c21-20(22)16-8-15(10-25-11-16)14-7-13-1-4-24-12-18(13)19(9-14)26-17-2-5-23-6-3-17/h1,7-12,17,20,23-24,26H,2-6H2. The van der Waals surface area contributed by atoms with Gasteiger partial charge < -0.3 is 16.0 Å². The predicted molar refractivity (Wildman–Crippen MR) is 100 cm³/mol. The first-order chi connectivity index (χ1) is 12.7. The molecule has 0 amide bonds. The van der Waals surface area contributed by atoms with E-state index in [0.29, 0.717) is 11.6 Å². The van der Waals surface area contributed by atoms with Crippen molar-refractivity contribution >= 4 is 18.0 Å². The van der Waals surface area contributed by atoms with Gasteiger partial charge in [0.1, 0.15) is 0 Å². The highest BCUT2D eigenvalue weighted by Crippen LogP contribution is 2.25. The van der Waals surface area contributed by atoms with Crippen molar-refractivity contribution in [2.75, 3.05) is 25.0 Å². The SMILES string of the molecule is FC(F)c1cncc(-c2cc(NC3CCNCC3)c3c(c2)=CCNC=3)c1. The van der Waals surface area contributed by atoms with Crippen molar-refractivity contribution in [1.29, 1.82) is 0 Å². The van der Waals surface area contributed by atoms with Gasteiger partial charge in [-0.05, 0) is 54.9 Å². The third-order valence-electron chi connectivity index (χ3n) is 4.94. The molecule has 136 valence electrons. The van der Waals surface area contributed by atoms with Crippen molar-refractivity contribution in [2.45, 2.75) is 25.3 Å². The molecule has 0 unspecified atom stereocenters. The highest BCUT2D eigenvalue weighted by Gasteiger charge is 2.15. The number of aromatic nitrogens is 1. The van der Waals surface area contributed by atoms with Crippen LogP contribution < -0.4 is 26.4 Å². The number of fused-ring (bicyclic) bond motifs is 1. The smallest absolute Gasteiger partial charge is 0.265 e. The average molecular weight is 356 g/mol. The molecule has 0 aliphatic carbocycles. The van der Waals surface area contributed by atoms with Gasteiger partial charge in [-0.15, -0.1) is 0 Å². The minimum Gasteiger partial charge on any atom is -0.387 e. The largest absolute Gasteiger partial charge is 0.387 e. The highest BCUT2D eigenvalue weighted by atomic mass is 19.3. The van der Waals surface area contributed by atoms with E-state index in [1.54, 1.807) is 6.20 Å². The first kappa shape index (κ1) is 17.0. The number of rotatable bonds is 4. The molecule has 2 aromatic rings. The van der Waals surface area contributed by atoms with Crippen LogP contribution in [-0.4, -0.2) is 30.7 Å². The summed E-state index contributed by atoms with van der Waals surface area (Å²) in [6.45, 7) is 2.78. The lowest BCUT2D eigenvalue weighted by molar-refractivity contribution is 0.151. The van der Waals surface area contributed by atoms with E-state index in [4.69, 9.17) is 0 Å². The fourth-order valence-electron chi connectivity index (χ4n) is 3.54. The summed E-state index contributed by atoms with van der Waals surface area (Å²) in [4.78, 5) is 4.00. The topological polar surface area (TPSA) is 49.0 Å². The van der Waals surface area contributed by atoms with Crippen molar-refractivity contribution in [3.05, 3.63) is 46.6 Å². The van der Waals surface area contributed by atoms with Crippen molar-refractivity contribution in [1.82, 2.24) is 15.6 Å². The van der Waals surface area contributed by atoms with Crippen molar-refractivity contribution in [3.8, 4) is 11.1 Å². The van der Waals surface area contributed by atoms with E-state index in [-0.39, 0.29) is 5.56 Å². The number of piperidine rings is 1. The second kappa shape index (κ2) is 7.41. The molecule has 2 aliphatic rings. The Labute approximate surface area is 151 Å². The summed E-state index contributed by atoms with van der Waals surface area (Å²) in [5, 5.41) is 12.5. The molecule has 4 rings (SSSR count). The lowest BCUT2D eigenvalue weighted by atomic mass is 10.0. The minimum atomic E-state index is -2.52. The van der Waals surface area contributed by atoms with E-state index < -0.39 is 6.43 Å². The van der Waals surface area contributed by atoms with E-state index in [2.05, 4.69) is 27.0 Å². The molecular weight excluding hydrogens is 334 g/mol. The molecule has 0 atom stereocenters. The highest BCUT2D eigenvalue weighted by molar-refractivity contribution is 5.70. The number of benzene rings is 1. The fraction of sp³-hybridized carbons (Fsp3) is 0.350. The van der Waals surface area contributed by atoms with Gasteiger partial charge in [0.25, 0.3) is 6.43 Å². The van der Waals surface area contributed by atoms with Gasteiger partial charge >= 0.3 is 0 Å². The van der Waals surface area contributed by atoms with Crippen LogP contribution in [0.15, 0.2) is 30.6 Å². The molecule has 1 aromatic heterocycles. The second-order valence-electron chi connectivity index (χ2n) is 6.76. The van der Waals surface area contributed by atoms with Crippen molar-refractivity contribution < 1.29 is 8.78 Å². The van der Waals surface area contributed by atoms with E-state index >= 15 is 0 Å². The first-order valence-corrected chi connectivity index (χ1v) is 8.99. The quantitative estimate of drug-likeness (QED) is 0.784. The summed E-state index contributed by atoms with van der Waals surface area (Å²) in [5.41, 5.74) is 2.60. The number of hydrogen-bond donors (Lipinski definition) is 3. The predicted octanol–water partition coefficient (Wildman–Crippen LogP) is 1.97. The van der Waals surface area contributed by atoms with Gasteiger partial charge in [-0.25, -0.2) is 8.78 Å². The maximum atomic E-state index is 13.0. The number of pyridine rings is 1. The first-order valence-electron chi connectivity index (χ1n) is 8.99. The van der Waals surface area contributed by atoms with Gasteiger partial charge in [0.2, 0.25) is 0 Å². The summed E-state index contributed by atoms with van der Waals surface area (Å²) in [7, 11) is 0. The molecule has 0 bridgehead atoms. The summed E-state index contributed by atoms with van der Waals surface area (Å²) in [5.74, 6) is 0. The molecule has 6 heteroatoms. The molecule has 1 fully saturated rings. The van der Waals surface area contributed by atoms with Crippen LogP contribution in [0.4, 0.5) is 14.5 Å². The molecule has 2 aliphatic heterocycles. The number of anilines is 1. The number of halogens is 2. The molecule has 0 saturated carbocycles. The number of nitrogens with one attached hydrogen (secondary N) is 3. The summed E-state index contributed by atoms with van der Waals surface area (Å²) in [6, 6.07) is 6.03. The zero-order valence-corrected chi connectivity index (χ0v) is 14.4. The minimum absolute atomic E-state index is 0.0507. The molecule has 26 heavy (non-hydrogen) atoms. The van der Waals surface area contributed by atoms with Gasteiger partial charge in [-0.2, -0.15) is 0 Å². The summed E-state index contributed by atoms with van der Waals surface area (Å²) >= 11 is 0. The Bertz CT molecular complexity index is 905. The van der Waals surface area contributed by atoms with Gasteiger partial charge in [-0.1, -0.05) is 6.08 Å². The Balaban J connectivity index is 1.77. The van der Waals surface area contributed by atoms with Crippen LogP contribution in [0.3, 0.4) is 0 Å². The molecular formula is C20H22F2N4. The molecule has 0 radical (unpaired) electrons. The Hall–Kier alpha value is -2.47.